The Hall–Kier alpha value is -1.71. The third-order valence-corrected chi connectivity index (χ3v) is 1.76. The van der Waals surface area contributed by atoms with Crippen molar-refractivity contribution in [1.82, 2.24) is 15.0 Å². The number of aromatic nitrogens is 3. The van der Waals surface area contributed by atoms with Gasteiger partial charge in [-0.3, -0.25) is 0 Å². The number of ether oxygens (including phenoxy) is 3. The number of hydrogen-bond donors (Lipinski definition) is 3. The van der Waals surface area contributed by atoms with Gasteiger partial charge in [-0.15, -0.1) is 0 Å². The van der Waals surface area contributed by atoms with Crippen molar-refractivity contribution in [3.8, 4) is 0 Å². The molecule has 18 heavy (non-hydrogen) atoms. The highest BCUT2D eigenvalue weighted by molar-refractivity contribution is 5.41. The van der Waals surface area contributed by atoms with Gasteiger partial charge in [0.15, 0.2) is 0 Å². The van der Waals surface area contributed by atoms with Crippen LogP contribution in [0.4, 0.5) is 17.8 Å². The number of nitrogens with zero attached hydrogens (tertiary/aromatic N) is 3. The Morgan fingerprint density at radius 3 is 1.17 bits per heavy atom. The highest BCUT2D eigenvalue weighted by Gasteiger charge is 2.05. The van der Waals surface area contributed by atoms with Gasteiger partial charge < -0.3 is 30.2 Å². The summed E-state index contributed by atoms with van der Waals surface area (Å²) in [7, 11) is 4.72. The zero-order valence-electron chi connectivity index (χ0n) is 10.7. The van der Waals surface area contributed by atoms with E-state index in [4.69, 9.17) is 14.2 Å². The van der Waals surface area contributed by atoms with Gasteiger partial charge in [-0.25, -0.2) is 0 Å². The van der Waals surface area contributed by atoms with Crippen molar-refractivity contribution in [1.29, 1.82) is 0 Å². The summed E-state index contributed by atoms with van der Waals surface area (Å²) >= 11 is 0. The predicted octanol–water partition coefficient (Wildman–Crippen LogP) is -0.0810. The van der Waals surface area contributed by atoms with Gasteiger partial charge in [-0.05, 0) is 0 Å². The first-order valence-corrected chi connectivity index (χ1v) is 5.24. The van der Waals surface area contributed by atoms with E-state index in [1.54, 1.807) is 21.3 Å². The van der Waals surface area contributed by atoms with Crippen molar-refractivity contribution < 1.29 is 14.2 Å². The van der Waals surface area contributed by atoms with Crippen molar-refractivity contribution in [3.63, 3.8) is 0 Å². The second-order valence-corrected chi connectivity index (χ2v) is 3.14. The second-order valence-electron chi connectivity index (χ2n) is 3.14. The standard InChI is InChI=1S/C9H18N6O3/c1-16-4-10-7-13-8(11-5-17-2)15-9(14-7)12-6-18-3/h4-6H2,1-3H3,(H3,10,11,12,13,14,15). The van der Waals surface area contributed by atoms with Gasteiger partial charge in [0.1, 0.15) is 20.2 Å². The van der Waals surface area contributed by atoms with E-state index in [0.717, 1.165) is 0 Å². The normalized spacial score (nSPS) is 10.2. The van der Waals surface area contributed by atoms with E-state index in [1.165, 1.54) is 0 Å². The van der Waals surface area contributed by atoms with Crippen molar-refractivity contribution in [2.75, 3.05) is 57.5 Å². The summed E-state index contributed by atoms with van der Waals surface area (Å²) in [5.74, 6) is 1.18. The first kappa shape index (κ1) is 14.4. The summed E-state index contributed by atoms with van der Waals surface area (Å²) in [6, 6.07) is 0. The van der Waals surface area contributed by atoms with Crippen LogP contribution in [0.2, 0.25) is 0 Å². The SMILES string of the molecule is COCNc1nc(NCOC)nc(NCOC)n1. The molecule has 0 radical (unpaired) electrons. The zero-order valence-corrected chi connectivity index (χ0v) is 10.7. The zero-order chi connectivity index (χ0) is 13.2. The van der Waals surface area contributed by atoms with Crippen LogP contribution >= 0.6 is 0 Å². The monoisotopic (exact) mass is 258 g/mol. The molecule has 0 unspecified atom stereocenters. The molecule has 0 saturated carbocycles. The number of hydrogen-bond acceptors (Lipinski definition) is 9. The predicted molar refractivity (Wildman–Crippen MR) is 66.3 cm³/mol. The molecule has 0 aliphatic heterocycles. The number of nitrogens with one attached hydrogen (secondary N) is 3. The molecule has 0 bridgehead atoms. The average molecular weight is 258 g/mol. The minimum atomic E-state index is 0.303. The smallest absolute Gasteiger partial charge is 0.231 e. The van der Waals surface area contributed by atoms with E-state index in [2.05, 4.69) is 30.9 Å². The fourth-order valence-electron chi connectivity index (χ4n) is 1.02. The van der Waals surface area contributed by atoms with E-state index in [-0.39, 0.29) is 0 Å². The van der Waals surface area contributed by atoms with Crippen molar-refractivity contribution >= 4 is 17.8 Å². The topological polar surface area (TPSA) is 102 Å². The molecule has 0 atom stereocenters. The van der Waals surface area contributed by atoms with Gasteiger partial charge in [0.2, 0.25) is 17.8 Å². The molecule has 102 valence electrons. The molecule has 3 N–H and O–H groups in total. The summed E-state index contributed by atoms with van der Waals surface area (Å²) in [6.07, 6.45) is 0. The van der Waals surface area contributed by atoms with Gasteiger partial charge in [0.25, 0.3) is 0 Å². The lowest BCUT2D eigenvalue weighted by molar-refractivity contribution is 0.218. The fourth-order valence-corrected chi connectivity index (χ4v) is 1.02. The van der Waals surface area contributed by atoms with Crippen LogP contribution in [0.3, 0.4) is 0 Å². The van der Waals surface area contributed by atoms with Crippen molar-refractivity contribution in [2.24, 2.45) is 0 Å². The number of anilines is 3. The molecule has 0 aromatic carbocycles. The third-order valence-electron chi connectivity index (χ3n) is 1.76. The summed E-state index contributed by atoms with van der Waals surface area (Å²) in [4.78, 5) is 12.4. The summed E-state index contributed by atoms with van der Waals surface area (Å²) < 4.78 is 14.7. The minimum Gasteiger partial charge on any atom is -0.364 e. The Labute approximate surface area is 105 Å². The molecular formula is C9H18N6O3. The van der Waals surface area contributed by atoms with Crippen LogP contribution in [0.15, 0.2) is 0 Å². The molecule has 1 aromatic heterocycles. The van der Waals surface area contributed by atoms with Crippen molar-refractivity contribution in [3.05, 3.63) is 0 Å². The quantitative estimate of drug-likeness (QED) is 0.525. The number of rotatable bonds is 9. The van der Waals surface area contributed by atoms with Gasteiger partial charge in [-0.2, -0.15) is 15.0 Å². The fraction of sp³-hybridized carbons (Fsp3) is 0.667. The minimum absolute atomic E-state index is 0.303. The molecule has 0 spiro atoms. The maximum absolute atomic E-state index is 4.89. The highest BCUT2D eigenvalue weighted by Crippen LogP contribution is 2.08. The number of methoxy groups -OCH3 is 3. The van der Waals surface area contributed by atoms with E-state index < -0.39 is 0 Å². The second kappa shape index (κ2) is 8.39. The molecule has 9 heteroatoms. The first-order valence-electron chi connectivity index (χ1n) is 5.24. The summed E-state index contributed by atoms with van der Waals surface area (Å²) in [6.45, 7) is 0.909. The largest absolute Gasteiger partial charge is 0.364 e. The van der Waals surface area contributed by atoms with Gasteiger partial charge >= 0.3 is 0 Å². The molecule has 0 amide bonds. The average Bonchev–Trinajstić information content (AvgIpc) is 2.40. The van der Waals surface area contributed by atoms with Crippen LogP contribution in [0, 0.1) is 0 Å². The molecule has 1 aromatic rings. The van der Waals surface area contributed by atoms with Crippen LogP contribution < -0.4 is 16.0 Å². The Balaban J connectivity index is 2.74. The molecule has 1 heterocycles. The van der Waals surface area contributed by atoms with Gasteiger partial charge in [0.05, 0.1) is 0 Å². The summed E-state index contributed by atoms with van der Waals surface area (Å²) in [5.41, 5.74) is 0. The van der Waals surface area contributed by atoms with E-state index in [0.29, 0.717) is 38.0 Å². The Morgan fingerprint density at radius 2 is 0.944 bits per heavy atom. The van der Waals surface area contributed by atoms with Crippen LogP contribution in [0.25, 0.3) is 0 Å². The lowest BCUT2D eigenvalue weighted by Gasteiger charge is -2.10. The molecule has 0 saturated heterocycles. The first-order chi connectivity index (χ1) is 8.80. The molecule has 0 aliphatic carbocycles. The van der Waals surface area contributed by atoms with Gasteiger partial charge in [-0.1, -0.05) is 0 Å². The molecule has 9 nitrogen and oxygen atoms in total. The lowest BCUT2D eigenvalue weighted by Crippen LogP contribution is -2.15. The van der Waals surface area contributed by atoms with E-state index >= 15 is 0 Å². The van der Waals surface area contributed by atoms with E-state index in [1.807, 2.05) is 0 Å². The molecule has 1 rings (SSSR count). The van der Waals surface area contributed by atoms with Crippen LogP contribution in [-0.4, -0.2) is 56.5 Å². The maximum Gasteiger partial charge on any atom is 0.231 e. The van der Waals surface area contributed by atoms with E-state index in [9.17, 15) is 0 Å². The summed E-state index contributed by atoms with van der Waals surface area (Å²) in [5, 5.41) is 8.65. The van der Waals surface area contributed by atoms with Crippen LogP contribution in [-0.2, 0) is 14.2 Å². The maximum atomic E-state index is 4.89. The van der Waals surface area contributed by atoms with Gasteiger partial charge in [0, 0.05) is 21.3 Å². The third kappa shape index (κ3) is 5.08. The lowest BCUT2D eigenvalue weighted by atomic mass is 10.8. The molecule has 0 fully saturated rings. The molecular weight excluding hydrogens is 240 g/mol. The Morgan fingerprint density at radius 1 is 0.667 bits per heavy atom. The van der Waals surface area contributed by atoms with Crippen LogP contribution in [0.1, 0.15) is 0 Å². The highest BCUT2D eigenvalue weighted by atomic mass is 16.5. The molecule has 0 aliphatic rings. The Bertz CT molecular complexity index is 286. The van der Waals surface area contributed by atoms with Crippen LogP contribution in [0.5, 0.6) is 0 Å². The Kier molecular flexibility index (Phi) is 6.69. The van der Waals surface area contributed by atoms with Crippen molar-refractivity contribution in [2.45, 2.75) is 0 Å².